The van der Waals surface area contributed by atoms with E-state index in [4.69, 9.17) is 0 Å². The van der Waals surface area contributed by atoms with Gasteiger partial charge < -0.3 is 4.90 Å². The summed E-state index contributed by atoms with van der Waals surface area (Å²) in [5, 5.41) is 12.4. The van der Waals surface area contributed by atoms with Gasteiger partial charge in [0.2, 0.25) is 0 Å². The number of rotatable bonds is 3. The van der Waals surface area contributed by atoms with E-state index in [1.54, 1.807) is 0 Å². The first-order valence-corrected chi connectivity index (χ1v) is 8.65. The first kappa shape index (κ1) is 15.8. The molecule has 0 radical (unpaired) electrons. The Morgan fingerprint density at radius 2 is 2.20 bits per heavy atom. The molecule has 4 heterocycles. The molecule has 1 amide bonds. The van der Waals surface area contributed by atoms with Crippen LogP contribution in [0.3, 0.4) is 0 Å². The molecule has 0 bridgehead atoms. The van der Waals surface area contributed by atoms with Gasteiger partial charge >= 0.3 is 0 Å². The molecule has 7 heteroatoms. The van der Waals surface area contributed by atoms with Crippen molar-refractivity contribution in [1.29, 1.82) is 0 Å². The molecule has 1 N–H and O–H groups in total. The lowest BCUT2D eigenvalue weighted by Crippen LogP contribution is -2.38. The van der Waals surface area contributed by atoms with Gasteiger partial charge in [-0.3, -0.25) is 14.6 Å². The van der Waals surface area contributed by atoms with E-state index in [9.17, 15) is 4.79 Å². The summed E-state index contributed by atoms with van der Waals surface area (Å²) >= 11 is 0. The number of aromatic nitrogens is 5. The average molecular weight is 338 g/mol. The third-order valence-electron chi connectivity index (χ3n) is 4.86. The lowest BCUT2D eigenvalue weighted by atomic mass is 10.1. The predicted octanol–water partition coefficient (Wildman–Crippen LogP) is 2.38. The Morgan fingerprint density at radius 3 is 2.96 bits per heavy atom. The van der Waals surface area contributed by atoms with E-state index in [1.807, 2.05) is 48.8 Å². The summed E-state index contributed by atoms with van der Waals surface area (Å²) in [5.74, 6) is 0.0615. The van der Waals surface area contributed by atoms with E-state index in [2.05, 4.69) is 20.3 Å². The molecule has 0 aliphatic carbocycles. The number of pyridine rings is 1. The van der Waals surface area contributed by atoms with Gasteiger partial charge in [-0.05, 0) is 45.2 Å². The molecule has 1 saturated heterocycles. The Bertz CT molecular complexity index is 940. The first-order chi connectivity index (χ1) is 12.0. The number of hydrogen-bond donors (Lipinski definition) is 1. The maximum atomic E-state index is 13.3. The molecule has 3 aromatic rings. The van der Waals surface area contributed by atoms with Crippen molar-refractivity contribution in [3.05, 3.63) is 41.0 Å². The van der Waals surface area contributed by atoms with Crippen LogP contribution in [0.2, 0.25) is 0 Å². The van der Waals surface area contributed by atoms with E-state index in [0.717, 1.165) is 48.3 Å². The Labute approximate surface area is 146 Å². The van der Waals surface area contributed by atoms with Gasteiger partial charge in [0.15, 0.2) is 5.65 Å². The number of likely N-dealkylation sites (tertiary alicyclic amines) is 1. The molecule has 3 aromatic heterocycles. The number of aromatic amines is 1. The summed E-state index contributed by atoms with van der Waals surface area (Å²) in [5.41, 5.74) is 4.12. The summed E-state index contributed by atoms with van der Waals surface area (Å²) in [6, 6.07) is 2.04. The van der Waals surface area contributed by atoms with E-state index >= 15 is 0 Å². The van der Waals surface area contributed by atoms with Crippen molar-refractivity contribution in [2.24, 2.45) is 0 Å². The lowest BCUT2D eigenvalue weighted by Gasteiger charge is -2.25. The van der Waals surface area contributed by atoms with Crippen molar-refractivity contribution in [3.63, 3.8) is 0 Å². The van der Waals surface area contributed by atoms with Crippen molar-refractivity contribution in [2.75, 3.05) is 6.54 Å². The highest BCUT2D eigenvalue weighted by atomic mass is 16.2. The minimum absolute atomic E-state index is 0.0615. The molecular weight excluding hydrogens is 316 g/mol. The van der Waals surface area contributed by atoms with Crippen LogP contribution in [-0.4, -0.2) is 48.4 Å². The fourth-order valence-corrected chi connectivity index (χ4v) is 3.70. The van der Waals surface area contributed by atoms with Gasteiger partial charge in [0.1, 0.15) is 0 Å². The number of aryl methyl sites for hydroxylation is 3. The Hall–Kier alpha value is -2.70. The van der Waals surface area contributed by atoms with Gasteiger partial charge in [-0.15, -0.1) is 0 Å². The van der Waals surface area contributed by atoms with Crippen molar-refractivity contribution in [2.45, 2.75) is 46.2 Å². The zero-order chi connectivity index (χ0) is 17.6. The molecule has 0 aromatic carbocycles. The second-order valence-electron chi connectivity index (χ2n) is 6.89. The van der Waals surface area contributed by atoms with Crippen molar-refractivity contribution >= 4 is 16.9 Å². The first-order valence-electron chi connectivity index (χ1n) is 8.65. The zero-order valence-corrected chi connectivity index (χ0v) is 14.8. The number of hydrogen-bond acceptors (Lipinski definition) is 4. The molecule has 7 nitrogen and oxygen atoms in total. The van der Waals surface area contributed by atoms with E-state index in [-0.39, 0.29) is 11.9 Å². The van der Waals surface area contributed by atoms with Crippen LogP contribution in [0.15, 0.2) is 18.5 Å². The third-order valence-corrected chi connectivity index (χ3v) is 4.86. The highest BCUT2D eigenvalue weighted by molar-refractivity contribution is 6.06. The maximum absolute atomic E-state index is 13.3. The number of H-pyrrole nitrogens is 1. The fourth-order valence-electron chi connectivity index (χ4n) is 3.70. The average Bonchev–Trinajstić information content (AvgIpc) is 3.28. The van der Waals surface area contributed by atoms with Crippen LogP contribution in [0.1, 0.15) is 40.2 Å². The molecule has 0 unspecified atom stereocenters. The van der Waals surface area contributed by atoms with Gasteiger partial charge in [0.25, 0.3) is 5.91 Å². The van der Waals surface area contributed by atoms with Gasteiger partial charge in [-0.25, -0.2) is 4.98 Å². The Kier molecular flexibility index (Phi) is 3.78. The molecule has 1 aliphatic rings. The van der Waals surface area contributed by atoms with Crippen LogP contribution in [0.4, 0.5) is 0 Å². The summed E-state index contributed by atoms with van der Waals surface area (Å²) < 4.78 is 1.93. The molecule has 130 valence electrons. The monoisotopic (exact) mass is 338 g/mol. The minimum atomic E-state index is 0.0615. The number of fused-ring (bicyclic) bond motifs is 1. The molecule has 1 aliphatic heterocycles. The summed E-state index contributed by atoms with van der Waals surface area (Å²) in [4.78, 5) is 19.7. The maximum Gasteiger partial charge on any atom is 0.255 e. The Balaban J connectivity index is 1.67. The van der Waals surface area contributed by atoms with Crippen LogP contribution >= 0.6 is 0 Å². The minimum Gasteiger partial charge on any atom is -0.334 e. The van der Waals surface area contributed by atoms with Gasteiger partial charge in [-0.1, -0.05) is 0 Å². The summed E-state index contributed by atoms with van der Waals surface area (Å²) in [7, 11) is 0. The SMILES string of the molecule is Cc1cnn(C[C@@H]2CCCN2C(=O)c2cc(C)nc3n[nH]c(C)c23)c1. The topological polar surface area (TPSA) is 79.7 Å². The molecule has 4 rings (SSSR count). The van der Waals surface area contributed by atoms with Crippen molar-refractivity contribution in [1.82, 2.24) is 29.9 Å². The molecular formula is C18H22N6O. The number of amides is 1. The summed E-state index contributed by atoms with van der Waals surface area (Å²) in [6.45, 7) is 7.37. The second kappa shape index (κ2) is 5.98. The van der Waals surface area contributed by atoms with Crippen LogP contribution < -0.4 is 0 Å². The third kappa shape index (κ3) is 2.79. The van der Waals surface area contributed by atoms with E-state index < -0.39 is 0 Å². The molecule has 0 spiro atoms. The number of carbonyl (C=O) groups excluding carboxylic acids is 1. The predicted molar refractivity (Wildman–Crippen MR) is 94.4 cm³/mol. The van der Waals surface area contributed by atoms with Gasteiger partial charge in [-0.2, -0.15) is 10.2 Å². The highest BCUT2D eigenvalue weighted by Crippen LogP contribution is 2.26. The lowest BCUT2D eigenvalue weighted by molar-refractivity contribution is 0.0723. The molecule has 25 heavy (non-hydrogen) atoms. The normalized spacial score (nSPS) is 17.6. The van der Waals surface area contributed by atoms with Crippen LogP contribution in [0.25, 0.3) is 11.0 Å². The van der Waals surface area contributed by atoms with Gasteiger partial charge in [0, 0.05) is 24.1 Å². The highest BCUT2D eigenvalue weighted by Gasteiger charge is 2.31. The quantitative estimate of drug-likeness (QED) is 0.795. The zero-order valence-electron chi connectivity index (χ0n) is 14.8. The fraction of sp³-hybridized carbons (Fsp3) is 0.444. The smallest absolute Gasteiger partial charge is 0.255 e. The van der Waals surface area contributed by atoms with E-state index in [0.29, 0.717) is 11.2 Å². The molecule has 1 atom stereocenters. The number of nitrogens with zero attached hydrogens (tertiary/aromatic N) is 5. The van der Waals surface area contributed by atoms with Gasteiger partial charge in [0.05, 0.1) is 29.7 Å². The summed E-state index contributed by atoms with van der Waals surface area (Å²) in [6.07, 6.45) is 5.90. The largest absolute Gasteiger partial charge is 0.334 e. The standard InChI is InChI=1S/C18H22N6O/c1-11-8-19-23(9-11)10-14-5-4-6-24(14)18(25)15-7-12(2)20-17-16(15)13(3)21-22-17/h7-9,14H,4-6,10H2,1-3H3,(H,20,21,22)/t14-/m0/s1. The second-order valence-corrected chi connectivity index (χ2v) is 6.89. The van der Waals surface area contributed by atoms with Crippen molar-refractivity contribution < 1.29 is 4.79 Å². The number of carbonyl (C=O) groups is 1. The van der Waals surface area contributed by atoms with Crippen LogP contribution in [0, 0.1) is 20.8 Å². The molecule has 1 fully saturated rings. The van der Waals surface area contributed by atoms with Crippen molar-refractivity contribution in [3.8, 4) is 0 Å². The van der Waals surface area contributed by atoms with Crippen LogP contribution in [-0.2, 0) is 6.54 Å². The van der Waals surface area contributed by atoms with E-state index in [1.165, 1.54) is 0 Å². The van der Waals surface area contributed by atoms with Crippen LogP contribution in [0.5, 0.6) is 0 Å². The number of nitrogens with one attached hydrogen (secondary N) is 1. The molecule has 0 saturated carbocycles. The Morgan fingerprint density at radius 1 is 1.36 bits per heavy atom.